The molecule has 4 nitrogen and oxygen atoms in total. The molecule has 1 saturated heterocycles. The van der Waals surface area contributed by atoms with E-state index in [-0.39, 0.29) is 6.04 Å². The molecule has 0 aliphatic carbocycles. The molecule has 0 aromatic heterocycles. The summed E-state index contributed by atoms with van der Waals surface area (Å²) < 4.78 is 5.17. The van der Waals surface area contributed by atoms with Gasteiger partial charge in [-0.2, -0.15) is 0 Å². The van der Waals surface area contributed by atoms with Crippen LogP contribution in [0.3, 0.4) is 0 Å². The lowest BCUT2D eigenvalue weighted by Gasteiger charge is -2.24. The fraction of sp³-hybridized carbons (Fsp3) is 0.625. The minimum Gasteiger partial charge on any atom is -0.497 e. The maximum Gasteiger partial charge on any atom is 0.118 e. The smallest absolute Gasteiger partial charge is 0.118 e. The van der Waals surface area contributed by atoms with Crippen molar-refractivity contribution in [3.05, 3.63) is 29.8 Å². The van der Waals surface area contributed by atoms with Crippen LogP contribution in [0.4, 0.5) is 0 Å². The first kappa shape index (κ1) is 15.3. The normalized spacial score (nSPS) is 21.4. The van der Waals surface area contributed by atoms with Gasteiger partial charge in [0.05, 0.1) is 7.11 Å². The first-order valence-corrected chi connectivity index (χ1v) is 7.35. The summed E-state index contributed by atoms with van der Waals surface area (Å²) in [6.45, 7) is 4.46. The molecule has 0 saturated carbocycles. The first-order chi connectivity index (χ1) is 9.58. The van der Waals surface area contributed by atoms with Gasteiger partial charge in [0.2, 0.25) is 0 Å². The molecular formula is C16H27N3O. The van der Waals surface area contributed by atoms with Crippen molar-refractivity contribution in [1.29, 1.82) is 0 Å². The Morgan fingerprint density at radius 3 is 2.65 bits per heavy atom. The largest absolute Gasteiger partial charge is 0.497 e. The Kier molecular flexibility index (Phi) is 5.40. The van der Waals surface area contributed by atoms with E-state index in [1.807, 2.05) is 12.1 Å². The van der Waals surface area contributed by atoms with E-state index in [4.69, 9.17) is 10.5 Å². The van der Waals surface area contributed by atoms with Crippen molar-refractivity contribution in [3.8, 4) is 5.75 Å². The van der Waals surface area contributed by atoms with E-state index in [0.717, 1.165) is 24.8 Å². The molecular weight excluding hydrogens is 250 g/mol. The molecule has 4 heteroatoms. The van der Waals surface area contributed by atoms with Crippen molar-refractivity contribution in [2.45, 2.75) is 12.5 Å². The number of hydrogen-bond donors (Lipinski definition) is 1. The van der Waals surface area contributed by atoms with Gasteiger partial charge in [-0.15, -0.1) is 0 Å². The van der Waals surface area contributed by atoms with E-state index in [1.165, 1.54) is 25.1 Å². The molecule has 20 heavy (non-hydrogen) atoms. The molecule has 1 aliphatic heterocycles. The summed E-state index contributed by atoms with van der Waals surface area (Å²) in [7, 11) is 6.05. The van der Waals surface area contributed by atoms with Gasteiger partial charge in [-0.3, -0.25) is 0 Å². The Hall–Kier alpha value is -1.10. The molecule has 0 radical (unpaired) electrons. The Bertz CT molecular complexity index is 407. The van der Waals surface area contributed by atoms with Crippen LogP contribution in [0.25, 0.3) is 0 Å². The van der Waals surface area contributed by atoms with Crippen molar-refractivity contribution in [2.24, 2.45) is 11.7 Å². The fourth-order valence-electron chi connectivity index (χ4n) is 2.98. The highest BCUT2D eigenvalue weighted by Crippen LogP contribution is 2.19. The third-order valence-corrected chi connectivity index (χ3v) is 4.11. The van der Waals surface area contributed by atoms with Crippen LogP contribution in [0, 0.1) is 5.92 Å². The van der Waals surface area contributed by atoms with Crippen molar-refractivity contribution < 1.29 is 4.74 Å². The molecule has 2 atom stereocenters. The van der Waals surface area contributed by atoms with Crippen LogP contribution in [-0.2, 0) is 0 Å². The number of nitrogens with zero attached hydrogens (tertiary/aromatic N) is 2. The summed E-state index contributed by atoms with van der Waals surface area (Å²) in [5.41, 5.74) is 7.46. The lowest BCUT2D eigenvalue weighted by Crippen LogP contribution is -2.33. The zero-order valence-electron chi connectivity index (χ0n) is 12.9. The van der Waals surface area contributed by atoms with Gasteiger partial charge in [0.15, 0.2) is 0 Å². The molecule has 0 amide bonds. The minimum absolute atomic E-state index is 0.0602. The lowest BCUT2D eigenvalue weighted by molar-refractivity contribution is 0.260. The summed E-state index contributed by atoms with van der Waals surface area (Å²) in [5.74, 6) is 1.66. The van der Waals surface area contributed by atoms with E-state index in [1.54, 1.807) is 7.11 Å². The molecule has 0 spiro atoms. The van der Waals surface area contributed by atoms with Gasteiger partial charge in [0.1, 0.15) is 5.75 Å². The topological polar surface area (TPSA) is 41.7 Å². The Morgan fingerprint density at radius 2 is 2.10 bits per heavy atom. The number of likely N-dealkylation sites (N-methyl/N-ethyl adjacent to an activating group) is 1. The van der Waals surface area contributed by atoms with Crippen LogP contribution < -0.4 is 10.5 Å². The van der Waals surface area contributed by atoms with Crippen LogP contribution in [0.15, 0.2) is 24.3 Å². The number of methoxy groups -OCH3 is 1. The molecule has 2 unspecified atom stereocenters. The highest BCUT2D eigenvalue weighted by molar-refractivity contribution is 5.29. The van der Waals surface area contributed by atoms with Gasteiger partial charge < -0.3 is 20.3 Å². The van der Waals surface area contributed by atoms with Crippen molar-refractivity contribution in [3.63, 3.8) is 0 Å². The third-order valence-electron chi connectivity index (χ3n) is 4.11. The van der Waals surface area contributed by atoms with Crippen LogP contribution in [0.2, 0.25) is 0 Å². The molecule has 2 rings (SSSR count). The molecule has 1 fully saturated rings. The Balaban J connectivity index is 1.81. The zero-order valence-corrected chi connectivity index (χ0v) is 12.9. The van der Waals surface area contributed by atoms with Gasteiger partial charge in [-0.25, -0.2) is 0 Å². The van der Waals surface area contributed by atoms with Gasteiger partial charge in [0.25, 0.3) is 0 Å². The van der Waals surface area contributed by atoms with Gasteiger partial charge in [-0.05, 0) is 50.7 Å². The predicted molar refractivity (Wildman–Crippen MR) is 83.0 cm³/mol. The summed E-state index contributed by atoms with van der Waals surface area (Å²) in [6, 6.07) is 8.12. The highest BCUT2D eigenvalue weighted by atomic mass is 16.5. The second-order valence-electron chi connectivity index (χ2n) is 6.02. The molecule has 2 N–H and O–H groups in total. The van der Waals surface area contributed by atoms with Gasteiger partial charge >= 0.3 is 0 Å². The van der Waals surface area contributed by atoms with Crippen molar-refractivity contribution in [1.82, 2.24) is 9.80 Å². The van der Waals surface area contributed by atoms with Gasteiger partial charge in [-0.1, -0.05) is 12.1 Å². The summed E-state index contributed by atoms with van der Waals surface area (Å²) in [4.78, 5) is 4.76. The molecule has 1 aromatic rings. The van der Waals surface area contributed by atoms with Crippen LogP contribution in [0.1, 0.15) is 18.0 Å². The van der Waals surface area contributed by atoms with E-state index in [2.05, 4.69) is 36.0 Å². The minimum atomic E-state index is 0.0602. The summed E-state index contributed by atoms with van der Waals surface area (Å²) in [5, 5.41) is 0. The SMILES string of the molecule is COc1ccc(C(N)CN(C)CC2CCN(C)C2)cc1. The number of benzene rings is 1. The average molecular weight is 277 g/mol. The average Bonchev–Trinajstić information content (AvgIpc) is 2.84. The molecule has 1 heterocycles. The molecule has 1 aromatic carbocycles. The number of nitrogens with two attached hydrogens (primary N) is 1. The number of ether oxygens (including phenoxy) is 1. The number of likely N-dealkylation sites (tertiary alicyclic amines) is 1. The van der Waals surface area contributed by atoms with Crippen LogP contribution in [-0.4, -0.2) is 57.2 Å². The van der Waals surface area contributed by atoms with Crippen LogP contribution in [0.5, 0.6) is 5.75 Å². The second kappa shape index (κ2) is 7.07. The number of hydrogen-bond acceptors (Lipinski definition) is 4. The van der Waals surface area contributed by atoms with E-state index in [0.29, 0.717) is 0 Å². The molecule has 1 aliphatic rings. The third kappa shape index (κ3) is 4.20. The van der Waals surface area contributed by atoms with Gasteiger partial charge in [0, 0.05) is 25.7 Å². The lowest BCUT2D eigenvalue weighted by atomic mass is 10.1. The first-order valence-electron chi connectivity index (χ1n) is 7.35. The molecule has 112 valence electrons. The second-order valence-corrected chi connectivity index (χ2v) is 6.02. The molecule has 0 bridgehead atoms. The van der Waals surface area contributed by atoms with E-state index >= 15 is 0 Å². The van der Waals surface area contributed by atoms with Crippen molar-refractivity contribution in [2.75, 3.05) is 47.4 Å². The van der Waals surface area contributed by atoms with E-state index in [9.17, 15) is 0 Å². The highest BCUT2D eigenvalue weighted by Gasteiger charge is 2.21. The fourth-order valence-corrected chi connectivity index (χ4v) is 2.98. The monoisotopic (exact) mass is 277 g/mol. The quantitative estimate of drug-likeness (QED) is 0.857. The standard InChI is InChI=1S/C16H27N3O/c1-18-9-8-13(10-18)11-19(2)12-16(17)14-4-6-15(20-3)7-5-14/h4-7,13,16H,8-12,17H2,1-3H3. The van der Waals surface area contributed by atoms with Crippen molar-refractivity contribution >= 4 is 0 Å². The number of rotatable bonds is 6. The Labute approximate surface area is 122 Å². The summed E-state index contributed by atoms with van der Waals surface area (Å²) in [6.07, 6.45) is 1.30. The maximum atomic E-state index is 6.30. The summed E-state index contributed by atoms with van der Waals surface area (Å²) >= 11 is 0. The van der Waals surface area contributed by atoms with Crippen LogP contribution >= 0.6 is 0 Å². The van der Waals surface area contributed by atoms with E-state index < -0.39 is 0 Å². The maximum absolute atomic E-state index is 6.30. The zero-order chi connectivity index (χ0) is 14.5. The predicted octanol–water partition coefficient (Wildman–Crippen LogP) is 1.58. The Morgan fingerprint density at radius 1 is 1.40 bits per heavy atom.